The van der Waals surface area contributed by atoms with Crippen LogP contribution in [0.3, 0.4) is 0 Å². The van der Waals surface area contributed by atoms with E-state index in [-0.39, 0.29) is 72.8 Å². The molecule has 4 amide bonds. The Kier molecular flexibility index (Phi) is 15.1. The van der Waals surface area contributed by atoms with Crippen molar-refractivity contribution in [3.63, 3.8) is 0 Å². The lowest BCUT2D eigenvalue weighted by Crippen LogP contribution is -2.58. The van der Waals surface area contributed by atoms with Crippen molar-refractivity contribution in [2.75, 3.05) is 41.7 Å². The number of piperazine rings is 1. The van der Waals surface area contributed by atoms with E-state index in [1.807, 2.05) is 36.9 Å². The molecule has 4 atom stereocenters. The van der Waals surface area contributed by atoms with Crippen molar-refractivity contribution in [2.24, 2.45) is 5.92 Å². The molecule has 0 spiro atoms. The van der Waals surface area contributed by atoms with Crippen LogP contribution in [-0.2, 0) is 25.4 Å². The minimum absolute atomic E-state index is 0. The van der Waals surface area contributed by atoms with Gasteiger partial charge in [-0.3, -0.25) is 39.2 Å². The number of thiol groups is 1. The third kappa shape index (κ3) is 10.7. The molecule has 0 radical (unpaired) electrons. The topological polar surface area (TPSA) is 141 Å². The molecule has 4 fully saturated rings. The third-order valence-electron chi connectivity index (χ3n) is 12.4. The van der Waals surface area contributed by atoms with Gasteiger partial charge in [-0.15, -0.1) is 25.0 Å². The number of nitrogens with one attached hydrogen (secondary N) is 3. The molecule has 4 aliphatic rings. The lowest BCUT2D eigenvalue weighted by atomic mass is 9.81. The lowest BCUT2D eigenvalue weighted by Gasteiger charge is -2.44. The molecule has 3 N–H and O–H groups in total. The van der Waals surface area contributed by atoms with Gasteiger partial charge >= 0.3 is 6.18 Å². The summed E-state index contributed by atoms with van der Waals surface area (Å²) >= 11 is 4.79. The van der Waals surface area contributed by atoms with Crippen LogP contribution < -0.4 is 20.9 Å². The second-order valence-electron chi connectivity index (χ2n) is 16.9. The zero-order valence-electron chi connectivity index (χ0n) is 34.1. The van der Waals surface area contributed by atoms with Crippen molar-refractivity contribution in [3.05, 3.63) is 53.6 Å². The number of imide groups is 1. The number of benzene rings is 2. The number of alkyl halides is 3. The Labute approximate surface area is 356 Å². The van der Waals surface area contributed by atoms with Gasteiger partial charge in [0.2, 0.25) is 23.6 Å². The number of anilines is 3. The quantitative estimate of drug-likeness (QED) is 0.105. The van der Waals surface area contributed by atoms with Gasteiger partial charge in [0, 0.05) is 54.7 Å². The molecule has 1 aliphatic carbocycles. The van der Waals surface area contributed by atoms with E-state index in [1.54, 1.807) is 12.1 Å². The van der Waals surface area contributed by atoms with Gasteiger partial charge in [0.25, 0.3) is 0 Å². The first-order chi connectivity index (χ1) is 27.5. The van der Waals surface area contributed by atoms with E-state index < -0.39 is 34.4 Å². The fraction of sp³-hybridized carbons (Fsp3) is 0.595. The average Bonchev–Trinajstić information content (AvgIpc) is 3.34. The van der Waals surface area contributed by atoms with Crippen LogP contribution in [0.1, 0.15) is 96.6 Å². The van der Waals surface area contributed by atoms with E-state index in [4.69, 9.17) is 12.6 Å². The number of halogens is 4. The van der Waals surface area contributed by atoms with Crippen molar-refractivity contribution in [1.29, 1.82) is 5.26 Å². The average molecular weight is 861 g/mol. The highest BCUT2D eigenvalue weighted by atomic mass is 35.5. The van der Waals surface area contributed by atoms with Crippen LogP contribution in [0.25, 0.3) is 0 Å². The van der Waals surface area contributed by atoms with E-state index in [1.165, 1.54) is 11.0 Å². The van der Waals surface area contributed by atoms with Crippen LogP contribution in [0.2, 0.25) is 0 Å². The van der Waals surface area contributed by atoms with E-state index in [9.17, 15) is 37.6 Å². The molecule has 322 valence electrons. The normalized spacial score (nSPS) is 26.8. The fourth-order valence-electron chi connectivity index (χ4n) is 9.36. The molecule has 2 aromatic carbocycles. The molecule has 0 aromatic heterocycles. The number of carbonyl (C=O) groups is 4. The maximum Gasteiger partial charge on any atom is 0.417 e. The zero-order chi connectivity index (χ0) is 41.9. The number of carbonyl (C=O) groups excluding carboxylic acids is 4. The number of rotatable bonds is 12. The van der Waals surface area contributed by atoms with E-state index >= 15 is 0 Å². The van der Waals surface area contributed by atoms with Crippen LogP contribution in [0.15, 0.2) is 42.5 Å². The van der Waals surface area contributed by atoms with E-state index in [2.05, 4.69) is 39.6 Å². The van der Waals surface area contributed by atoms with Gasteiger partial charge in [-0.05, 0) is 115 Å². The third-order valence-corrected chi connectivity index (χ3v) is 12.8. The van der Waals surface area contributed by atoms with Crippen LogP contribution in [-0.4, -0.2) is 99.7 Å². The molecule has 6 rings (SSSR count). The van der Waals surface area contributed by atoms with Crippen molar-refractivity contribution >= 4 is 65.7 Å². The van der Waals surface area contributed by atoms with Gasteiger partial charge in [-0.2, -0.15) is 18.4 Å². The summed E-state index contributed by atoms with van der Waals surface area (Å²) in [6.45, 7) is 10.9. The summed E-state index contributed by atoms with van der Waals surface area (Å²) in [5, 5.41) is 17.7. The first-order valence-corrected chi connectivity index (χ1v) is 20.9. The maximum absolute atomic E-state index is 13.8. The highest BCUT2D eigenvalue weighted by molar-refractivity contribution is 7.81. The minimum atomic E-state index is -4.73. The van der Waals surface area contributed by atoms with E-state index in [0.717, 1.165) is 76.7 Å². The van der Waals surface area contributed by atoms with Crippen LogP contribution in [0, 0.1) is 17.2 Å². The molecular weight excluding hydrogens is 805 g/mol. The summed E-state index contributed by atoms with van der Waals surface area (Å²) in [4.78, 5) is 58.6. The standard InChI is InChI=1S/C42H55F3N8O4S.ClH/c1-26-23-50(24-27(2)51(26)25-37(55)48-31-10-7-9-30(20-31)47-35-17-18-36(54)49-38(35)56)19-6-5-8-28-11-14-32(15-12-28)53-40(58)52(39(57)41(53,3)4)33-16-13-29(22-46)34(21-33)42(43,44)45;/h7,9-10,13,16,20-21,26-28,32,35,40,47,58H,5-6,8,11-12,14-15,17-19,23-25H2,1-4H3,(H,48,55)(H,49,54,56);1H/t26-,27+,28?,32?,35?,40?;. The minimum Gasteiger partial charge on any atom is -0.374 e. The summed E-state index contributed by atoms with van der Waals surface area (Å²) in [5.74, 6) is -0.467. The smallest absolute Gasteiger partial charge is 0.374 e. The number of nitrogens with zero attached hydrogens (tertiary/aromatic N) is 5. The van der Waals surface area contributed by atoms with Crippen molar-refractivity contribution < 1.29 is 32.3 Å². The summed E-state index contributed by atoms with van der Waals surface area (Å²) in [6.07, 6.45) is 3.05. The number of hydrogen-bond acceptors (Lipinski definition) is 10. The molecule has 3 saturated heterocycles. The second kappa shape index (κ2) is 19.2. The van der Waals surface area contributed by atoms with Gasteiger partial charge in [0.05, 0.1) is 29.3 Å². The van der Waals surface area contributed by atoms with Crippen LogP contribution >= 0.6 is 25.0 Å². The van der Waals surface area contributed by atoms with Gasteiger partial charge in [-0.25, -0.2) is 0 Å². The highest BCUT2D eigenvalue weighted by Crippen LogP contribution is 2.44. The summed E-state index contributed by atoms with van der Waals surface area (Å²) < 4.78 is 41.3. The fourth-order valence-corrected chi connectivity index (χ4v) is 10.1. The SMILES string of the molecule is C[C@@H]1CN(CCCCC2CCC(N3C(S)N(c4ccc(C#N)c(C(F)(F)F)c4)C(=O)C3(C)C)CC2)C[C@H](C)N1CC(=O)Nc1cccc(NC2CCC(=O)NC2=O)c1.Cl. The Hall–Kier alpha value is -3.88. The number of nitriles is 1. The Bertz CT molecular complexity index is 1890. The van der Waals surface area contributed by atoms with Gasteiger partial charge in [0.15, 0.2) is 0 Å². The Morgan fingerprint density at radius 1 is 0.983 bits per heavy atom. The summed E-state index contributed by atoms with van der Waals surface area (Å²) in [7, 11) is 0. The number of hydrogen-bond donors (Lipinski definition) is 4. The molecule has 2 unspecified atom stereocenters. The first-order valence-electron chi connectivity index (χ1n) is 20.4. The summed E-state index contributed by atoms with van der Waals surface area (Å²) in [6, 6.07) is 12.2. The molecule has 17 heteroatoms. The highest BCUT2D eigenvalue weighted by Gasteiger charge is 2.54. The van der Waals surface area contributed by atoms with Crippen LogP contribution in [0.4, 0.5) is 30.2 Å². The Morgan fingerprint density at radius 2 is 1.66 bits per heavy atom. The molecule has 59 heavy (non-hydrogen) atoms. The molecular formula is C42H56ClF3N8O4S. The van der Waals surface area contributed by atoms with Crippen molar-refractivity contribution in [3.8, 4) is 6.07 Å². The number of unbranched alkanes of at least 4 members (excludes halogenated alkanes) is 1. The first kappa shape index (κ1) is 46.2. The monoisotopic (exact) mass is 860 g/mol. The number of amides is 4. The maximum atomic E-state index is 13.8. The lowest BCUT2D eigenvalue weighted by molar-refractivity contribution is -0.138. The molecule has 3 aliphatic heterocycles. The van der Waals surface area contributed by atoms with Crippen LogP contribution in [0.5, 0.6) is 0 Å². The van der Waals surface area contributed by atoms with E-state index in [0.29, 0.717) is 23.7 Å². The van der Waals surface area contributed by atoms with Gasteiger partial charge < -0.3 is 15.5 Å². The van der Waals surface area contributed by atoms with Gasteiger partial charge in [0.1, 0.15) is 11.5 Å². The molecule has 2 aromatic rings. The molecule has 3 heterocycles. The van der Waals surface area contributed by atoms with Crippen molar-refractivity contribution in [2.45, 2.75) is 127 Å². The van der Waals surface area contributed by atoms with Gasteiger partial charge in [-0.1, -0.05) is 18.9 Å². The predicted molar refractivity (Wildman–Crippen MR) is 226 cm³/mol. The van der Waals surface area contributed by atoms with Crippen molar-refractivity contribution in [1.82, 2.24) is 20.0 Å². The predicted octanol–water partition coefficient (Wildman–Crippen LogP) is 6.62. The zero-order valence-corrected chi connectivity index (χ0v) is 35.8. The largest absolute Gasteiger partial charge is 0.417 e. The molecule has 0 bridgehead atoms. The molecule has 1 saturated carbocycles. The molecule has 12 nitrogen and oxygen atoms in total. The number of piperidine rings is 1. The Balaban J connectivity index is 0.00000661. The second-order valence-corrected chi connectivity index (χ2v) is 17.4. The Morgan fingerprint density at radius 3 is 2.31 bits per heavy atom. The summed E-state index contributed by atoms with van der Waals surface area (Å²) in [5.41, 5.74) is -1.83.